The van der Waals surface area contributed by atoms with Crippen LogP contribution in [-0.4, -0.2) is 16.4 Å². The molecule has 12 heteroatoms. The van der Waals surface area contributed by atoms with Crippen molar-refractivity contribution in [2.45, 2.75) is 17.2 Å². The molecule has 172 valence electrons. The quantitative estimate of drug-likeness (QED) is 0.221. The molecule has 4 rings (SSSR count). The third kappa shape index (κ3) is 3.62. The van der Waals surface area contributed by atoms with Crippen LogP contribution in [0.3, 0.4) is 0 Å². The molecule has 0 amide bonds. The first kappa shape index (κ1) is 22.7. The van der Waals surface area contributed by atoms with E-state index in [1.54, 1.807) is 0 Å². The molecule has 4 aromatic rings. The standard InChI is InChI=1S/C21H9ClF6O5/c22-21(27,28)20(25,26)19(23,24)17-7-13(29)11-5-9(1-3-15(11)32-17)10-2-4-16-12(6-10)14(30)8-18(31)33-16/h1-8,30H. The van der Waals surface area contributed by atoms with Gasteiger partial charge < -0.3 is 13.9 Å². The Morgan fingerprint density at radius 3 is 1.88 bits per heavy atom. The maximum atomic E-state index is 14.1. The summed E-state index contributed by atoms with van der Waals surface area (Å²) in [5.74, 6) is -14.0. The highest BCUT2D eigenvalue weighted by molar-refractivity contribution is 6.22. The third-order valence-electron chi connectivity index (χ3n) is 4.84. The summed E-state index contributed by atoms with van der Waals surface area (Å²) >= 11 is 4.14. The molecule has 0 fully saturated rings. The molecular formula is C21H9ClF6O5. The molecule has 0 aliphatic carbocycles. The van der Waals surface area contributed by atoms with Crippen LogP contribution in [0.1, 0.15) is 5.76 Å². The van der Waals surface area contributed by atoms with Gasteiger partial charge in [-0.15, -0.1) is 0 Å². The average molecular weight is 491 g/mol. The Labute approximate surface area is 183 Å². The Morgan fingerprint density at radius 2 is 1.30 bits per heavy atom. The molecule has 0 unspecified atom stereocenters. The Hall–Kier alpha value is -3.47. The fourth-order valence-electron chi connectivity index (χ4n) is 3.15. The van der Waals surface area contributed by atoms with Crippen LogP contribution in [-0.2, 0) is 5.92 Å². The van der Waals surface area contributed by atoms with Gasteiger partial charge in [-0.25, -0.2) is 4.79 Å². The second-order valence-electron chi connectivity index (χ2n) is 6.99. The van der Waals surface area contributed by atoms with Crippen molar-refractivity contribution in [3.8, 4) is 16.9 Å². The highest BCUT2D eigenvalue weighted by Gasteiger charge is 2.73. The molecule has 0 aliphatic heterocycles. The van der Waals surface area contributed by atoms with Gasteiger partial charge in [-0.1, -0.05) is 12.1 Å². The number of rotatable bonds is 4. The number of hydrogen-bond donors (Lipinski definition) is 1. The zero-order chi connectivity index (χ0) is 24.3. The second kappa shape index (κ2) is 7.27. The lowest BCUT2D eigenvalue weighted by Crippen LogP contribution is -2.49. The van der Waals surface area contributed by atoms with Crippen molar-refractivity contribution in [3.63, 3.8) is 0 Å². The average Bonchev–Trinajstić information content (AvgIpc) is 2.72. The first-order valence-electron chi connectivity index (χ1n) is 8.90. The summed E-state index contributed by atoms with van der Waals surface area (Å²) in [6.07, 6.45) is 0. The molecule has 5 nitrogen and oxygen atoms in total. The maximum Gasteiger partial charge on any atom is 0.394 e. The summed E-state index contributed by atoms with van der Waals surface area (Å²) in [5.41, 5.74) is -1.75. The Kier molecular flexibility index (Phi) is 5.01. The smallest absolute Gasteiger partial charge is 0.394 e. The summed E-state index contributed by atoms with van der Waals surface area (Å²) in [6.45, 7) is 0. The van der Waals surface area contributed by atoms with Crippen molar-refractivity contribution in [1.29, 1.82) is 0 Å². The lowest BCUT2D eigenvalue weighted by atomic mass is 10.0. The molecule has 33 heavy (non-hydrogen) atoms. The van der Waals surface area contributed by atoms with E-state index in [9.17, 15) is 41.0 Å². The van der Waals surface area contributed by atoms with Gasteiger partial charge in [-0.2, -0.15) is 26.3 Å². The Morgan fingerprint density at radius 1 is 0.758 bits per heavy atom. The normalized spacial score (nSPS) is 13.1. The number of halogens is 7. The minimum atomic E-state index is -6.05. The van der Waals surface area contributed by atoms with Gasteiger partial charge >= 0.3 is 22.9 Å². The number of benzene rings is 2. The number of hydrogen-bond acceptors (Lipinski definition) is 5. The van der Waals surface area contributed by atoms with E-state index in [4.69, 9.17) is 4.42 Å². The van der Waals surface area contributed by atoms with E-state index < -0.39 is 39.6 Å². The molecule has 2 aromatic heterocycles. The predicted octanol–water partition coefficient (Wildman–Crippen LogP) is 5.83. The predicted molar refractivity (Wildman–Crippen MR) is 105 cm³/mol. The van der Waals surface area contributed by atoms with E-state index in [1.165, 1.54) is 30.3 Å². The SMILES string of the molecule is O=c1cc(O)c2cc(-c3ccc4oc(C(F)(F)C(F)(F)C(F)(F)Cl)cc(=O)c4c3)ccc2o1. The van der Waals surface area contributed by atoms with Gasteiger partial charge in [-0.3, -0.25) is 4.79 Å². The van der Waals surface area contributed by atoms with E-state index in [1.807, 2.05) is 0 Å². The van der Waals surface area contributed by atoms with Crippen LogP contribution >= 0.6 is 11.6 Å². The zero-order valence-corrected chi connectivity index (χ0v) is 16.6. The minimum absolute atomic E-state index is 0.0104. The van der Waals surface area contributed by atoms with Gasteiger partial charge in [0.05, 0.1) is 16.8 Å². The minimum Gasteiger partial charge on any atom is -0.507 e. The molecule has 2 heterocycles. The third-order valence-corrected chi connectivity index (χ3v) is 5.08. The molecule has 0 saturated carbocycles. The van der Waals surface area contributed by atoms with Crippen molar-refractivity contribution in [2.75, 3.05) is 0 Å². The van der Waals surface area contributed by atoms with Crippen molar-refractivity contribution in [3.05, 3.63) is 74.9 Å². The van der Waals surface area contributed by atoms with Gasteiger partial charge in [0.25, 0.3) is 0 Å². The maximum absolute atomic E-state index is 14.1. The highest BCUT2D eigenvalue weighted by atomic mass is 35.5. The largest absolute Gasteiger partial charge is 0.507 e. The summed E-state index contributed by atoms with van der Waals surface area (Å²) in [4.78, 5) is 23.7. The van der Waals surface area contributed by atoms with Gasteiger partial charge in [-0.05, 0) is 47.0 Å². The van der Waals surface area contributed by atoms with Gasteiger partial charge in [0.15, 0.2) is 11.2 Å². The molecular weight excluding hydrogens is 482 g/mol. The lowest BCUT2D eigenvalue weighted by Gasteiger charge is -2.28. The molecule has 1 N–H and O–H groups in total. The van der Waals surface area contributed by atoms with Crippen molar-refractivity contribution in [2.24, 2.45) is 0 Å². The number of fused-ring (bicyclic) bond motifs is 2. The monoisotopic (exact) mass is 490 g/mol. The summed E-state index contributed by atoms with van der Waals surface area (Å²) in [5, 5.41) is 4.19. The summed E-state index contributed by atoms with van der Waals surface area (Å²) in [6, 6.07) is 8.58. The van der Waals surface area contributed by atoms with Crippen LogP contribution in [0.25, 0.3) is 33.1 Å². The molecule has 2 aromatic carbocycles. The Bertz CT molecular complexity index is 1520. The zero-order valence-electron chi connectivity index (χ0n) is 15.8. The van der Waals surface area contributed by atoms with Crippen LogP contribution in [0.4, 0.5) is 26.3 Å². The summed E-state index contributed by atoms with van der Waals surface area (Å²) < 4.78 is 90.7. The molecule has 0 saturated heterocycles. The van der Waals surface area contributed by atoms with E-state index in [-0.39, 0.29) is 28.2 Å². The van der Waals surface area contributed by atoms with E-state index >= 15 is 0 Å². The molecule has 0 spiro atoms. The molecule has 0 radical (unpaired) electrons. The van der Waals surface area contributed by atoms with Crippen LogP contribution in [0, 0.1) is 0 Å². The lowest BCUT2D eigenvalue weighted by molar-refractivity contribution is -0.291. The first-order chi connectivity index (χ1) is 15.2. The van der Waals surface area contributed by atoms with Crippen molar-refractivity contribution in [1.82, 2.24) is 0 Å². The number of alkyl halides is 7. The van der Waals surface area contributed by atoms with Crippen LogP contribution in [0.15, 0.2) is 67.0 Å². The topological polar surface area (TPSA) is 80.6 Å². The molecule has 0 bridgehead atoms. The number of aromatic hydroxyl groups is 1. The van der Waals surface area contributed by atoms with Crippen molar-refractivity contribution < 1.29 is 40.3 Å². The fourth-order valence-corrected chi connectivity index (χ4v) is 3.27. The molecule has 0 atom stereocenters. The van der Waals surface area contributed by atoms with E-state index in [0.717, 1.165) is 12.1 Å². The van der Waals surface area contributed by atoms with E-state index in [0.29, 0.717) is 11.1 Å². The van der Waals surface area contributed by atoms with Crippen molar-refractivity contribution >= 4 is 33.5 Å². The van der Waals surface area contributed by atoms with E-state index in [2.05, 4.69) is 16.0 Å². The first-order valence-corrected chi connectivity index (χ1v) is 9.28. The summed E-state index contributed by atoms with van der Waals surface area (Å²) in [7, 11) is 0. The van der Waals surface area contributed by atoms with Crippen LogP contribution < -0.4 is 11.1 Å². The van der Waals surface area contributed by atoms with Crippen LogP contribution in [0.5, 0.6) is 5.75 Å². The fraction of sp³-hybridized carbons (Fsp3) is 0.143. The van der Waals surface area contributed by atoms with Crippen LogP contribution in [0.2, 0.25) is 0 Å². The second-order valence-corrected chi connectivity index (χ2v) is 7.47. The molecule has 0 aliphatic rings. The Balaban J connectivity index is 1.84. The van der Waals surface area contributed by atoms with Gasteiger partial charge in [0, 0.05) is 6.07 Å². The highest BCUT2D eigenvalue weighted by Crippen LogP contribution is 2.52. The van der Waals surface area contributed by atoms with Gasteiger partial charge in [0.2, 0.25) is 0 Å². The van der Waals surface area contributed by atoms with Gasteiger partial charge in [0.1, 0.15) is 16.9 Å².